The lowest BCUT2D eigenvalue weighted by molar-refractivity contribution is -0.0443. The molecular formula is C6H16O5SSi. The number of hydrogen-bond donors (Lipinski definition) is 1. The molecule has 0 aliphatic heterocycles. The Balaban J connectivity index is 4.29. The lowest BCUT2D eigenvalue weighted by Crippen LogP contribution is -2.36. The summed E-state index contributed by atoms with van der Waals surface area (Å²) in [4.78, 5) is -0.683. The van der Waals surface area contributed by atoms with Crippen LogP contribution in [0.2, 0.25) is 0 Å². The van der Waals surface area contributed by atoms with Crippen LogP contribution in [0.4, 0.5) is 0 Å². The molecule has 13 heavy (non-hydrogen) atoms. The van der Waals surface area contributed by atoms with E-state index in [0.717, 1.165) is 0 Å². The van der Waals surface area contributed by atoms with Crippen molar-refractivity contribution in [3.63, 3.8) is 0 Å². The van der Waals surface area contributed by atoms with Crippen molar-refractivity contribution >= 4 is 19.6 Å². The Morgan fingerprint density at radius 3 is 2.08 bits per heavy atom. The molecular weight excluding hydrogens is 212 g/mol. The highest BCUT2D eigenvalue weighted by molar-refractivity contribution is 7.87. The lowest BCUT2D eigenvalue weighted by atomic mass is 10.6. The van der Waals surface area contributed by atoms with Gasteiger partial charge in [0.05, 0.1) is 4.87 Å². The minimum atomic E-state index is -3.93. The lowest BCUT2D eigenvalue weighted by Gasteiger charge is -2.17. The fraction of sp³-hybridized carbons (Fsp3) is 1.00. The third-order valence-corrected chi connectivity index (χ3v) is 7.03. The zero-order chi connectivity index (χ0) is 10.5. The van der Waals surface area contributed by atoms with Crippen molar-refractivity contribution in [2.24, 2.45) is 0 Å². The first kappa shape index (κ1) is 13.0. The van der Waals surface area contributed by atoms with Crippen molar-refractivity contribution in [1.82, 2.24) is 0 Å². The van der Waals surface area contributed by atoms with Gasteiger partial charge in [0, 0.05) is 14.2 Å². The van der Waals surface area contributed by atoms with Crippen LogP contribution in [-0.2, 0) is 19.6 Å². The molecule has 80 valence electrons. The molecule has 0 rings (SSSR count). The maximum atomic E-state index is 10.8. The molecule has 7 heteroatoms. The zero-order valence-electron chi connectivity index (χ0n) is 8.06. The highest BCUT2D eigenvalue weighted by atomic mass is 32.2. The topological polar surface area (TPSA) is 72.8 Å². The first-order chi connectivity index (χ1) is 5.95. The van der Waals surface area contributed by atoms with Gasteiger partial charge in [0.2, 0.25) is 0 Å². The Kier molecular flexibility index (Phi) is 5.73. The summed E-state index contributed by atoms with van der Waals surface area (Å²) in [5.41, 5.74) is 0. The van der Waals surface area contributed by atoms with E-state index < -0.39 is 30.4 Å². The predicted octanol–water partition coefficient (Wildman–Crippen LogP) is -0.644. The molecule has 0 amide bonds. The highest BCUT2D eigenvalue weighted by Crippen LogP contribution is 2.05. The number of ether oxygens (including phenoxy) is 2. The molecule has 0 saturated heterocycles. The monoisotopic (exact) mass is 228 g/mol. The second kappa shape index (κ2) is 5.71. The van der Waals surface area contributed by atoms with E-state index in [2.05, 4.69) is 0 Å². The van der Waals surface area contributed by atoms with Gasteiger partial charge < -0.3 is 9.47 Å². The SMILES string of the molecule is CCC([SiH2]C(OC)OC)S(=O)(=O)O. The van der Waals surface area contributed by atoms with Crippen LogP contribution in [0, 0.1) is 0 Å². The predicted molar refractivity (Wildman–Crippen MR) is 52.0 cm³/mol. The second-order valence-corrected chi connectivity index (χ2v) is 7.09. The Hall–Kier alpha value is 0.0469. The summed E-state index contributed by atoms with van der Waals surface area (Å²) in [5, 5.41) is 0. The molecule has 0 aromatic carbocycles. The van der Waals surface area contributed by atoms with Crippen molar-refractivity contribution < 1.29 is 22.4 Å². The van der Waals surface area contributed by atoms with Crippen LogP contribution in [-0.4, -0.2) is 47.5 Å². The summed E-state index contributed by atoms with van der Waals surface area (Å²) < 4.78 is 40.2. The molecule has 1 atom stereocenters. The van der Waals surface area contributed by atoms with Gasteiger partial charge in [-0.1, -0.05) is 6.92 Å². The summed E-state index contributed by atoms with van der Waals surface area (Å²) in [6, 6.07) is 0. The summed E-state index contributed by atoms with van der Waals surface area (Å²) in [7, 11) is -2.16. The summed E-state index contributed by atoms with van der Waals surface area (Å²) in [5.74, 6) is -0.452. The summed E-state index contributed by atoms with van der Waals surface area (Å²) >= 11 is 0. The average molecular weight is 228 g/mol. The van der Waals surface area contributed by atoms with E-state index in [0.29, 0.717) is 6.42 Å². The smallest absolute Gasteiger partial charge is 0.264 e. The third-order valence-electron chi connectivity index (χ3n) is 1.86. The largest absolute Gasteiger partial charge is 0.360 e. The van der Waals surface area contributed by atoms with Gasteiger partial charge in [-0.3, -0.25) is 4.55 Å². The Morgan fingerprint density at radius 1 is 1.38 bits per heavy atom. The minimum Gasteiger partial charge on any atom is -0.360 e. The second-order valence-electron chi connectivity index (χ2n) is 2.68. The van der Waals surface area contributed by atoms with E-state index in [1.807, 2.05) is 0 Å². The first-order valence-electron chi connectivity index (χ1n) is 3.97. The van der Waals surface area contributed by atoms with Gasteiger partial charge in [-0.15, -0.1) is 0 Å². The van der Waals surface area contributed by atoms with E-state index in [4.69, 9.17) is 14.0 Å². The van der Waals surface area contributed by atoms with Crippen molar-refractivity contribution in [3.05, 3.63) is 0 Å². The van der Waals surface area contributed by atoms with Gasteiger partial charge in [-0.25, -0.2) is 0 Å². The molecule has 0 aliphatic carbocycles. The minimum absolute atomic E-state index is 0.397. The number of hydrogen-bond acceptors (Lipinski definition) is 4. The highest BCUT2D eigenvalue weighted by Gasteiger charge is 2.25. The molecule has 1 unspecified atom stereocenters. The van der Waals surface area contributed by atoms with Gasteiger partial charge in [0.25, 0.3) is 10.1 Å². The van der Waals surface area contributed by atoms with Crippen LogP contribution in [0.5, 0.6) is 0 Å². The zero-order valence-corrected chi connectivity index (χ0v) is 10.3. The van der Waals surface area contributed by atoms with Crippen molar-refractivity contribution in [3.8, 4) is 0 Å². The number of rotatable bonds is 6. The molecule has 0 spiro atoms. The molecule has 0 fully saturated rings. The van der Waals surface area contributed by atoms with Gasteiger partial charge in [0.15, 0.2) is 0 Å². The Labute approximate surface area is 81.0 Å². The Morgan fingerprint density at radius 2 is 1.85 bits per heavy atom. The van der Waals surface area contributed by atoms with Crippen LogP contribution in [0.25, 0.3) is 0 Å². The first-order valence-corrected chi connectivity index (χ1v) is 7.11. The number of methoxy groups -OCH3 is 2. The van der Waals surface area contributed by atoms with Crippen molar-refractivity contribution in [1.29, 1.82) is 0 Å². The van der Waals surface area contributed by atoms with Crippen LogP contribution >= 0.6 is 0 Å². The van der Waals surface area contributed by atoms with E-state index >= 15 is 0 Å². The van der Waals surface area contributed by atoms with E-state index in [1.54, 1.807) is 6.92 Å². The molecule has 1 N–H and O–H groups in total. The van der Waals surface area contributed by atoms with Gasteiger partial charge in [0.1, 0.15) is 15.4 Å². The van der Waals surface area contributed by atoms with Gasteiger partial charge in [-0.2, -0.15) is 8.42 Å². The molecule has 0 aromatic heterocycles. The van der Waals surface area contributed by atoms with Crippen LogP contribution in [0.1, 0.15) is 13.3 Å². The Bertz CT molecular complexity index is 223. The molecule has 0 radical (unpaired) electrons. The van der Waals surface area contributed by atoms with E-state index in [1.165, 1.54) is 14.2 Å². The third kappa shape index (κ3) is 4.72. The summed E-state index contributed by atoms with van der Waals surface area (Å²) in [6.45, 7) is 1.72. The standard InChI is InChI=1S/C6H16O5SSi/c1-4-5(12(7,8)9)13-6(10-2)11-3/h5-6H,4,13H2,1-3H3,(H,7,8,9). The fourth-order valence-corrected chi connectivity index (χ4v) is 4.02. The molecule has 0 heterocycles. The molecule has 0 aromatic rings. The van der Waals surface area contributed by atoms with Crippen LogP contribution in [0.15, 0.2) is 0 Å². The van der Waals surface area contributed by atoms with E-state index in [9.17, 15) is 8.42 Å². The van der Waals surface area contributed by atoms with E-state index in [-0.39, 0.29) is 0 Å². The maximum absolute atomic E-state index is 10.8. The van der Waals surface area contributed by atoms with Crippen LogP contribution < -0.4 is 0 Å². The summed E-state index contributed by atoms with van der Waals surface area (Å²) in [6.07, 6.45) is 0.397. The van der Waals surface area contributed by atoms with Crippen molar-refractivity contribution in [2.75, 3.05) is 14.2 Å². The van der Waals surface area contributed by atoms with Gasteiger partial charge in [-0.05, 0) is 6.42 Å². The maximum Gasteiger partial charge on any atom is 0.264 e. The normalized spacial score (nSPS) is 15.8. The van der Waals surface area contributed by atoms with Crippen molar-refractivity contribution in [2.45, 2.75) is 24.1 Å². The molecule has 0 aliphatic rings. The van der Waals surface area contributed by atoms with Crippen LogP contribution in [0.3, 0.4) is 0 Å². The molecule has 0 bridgehead atoms. The molecule has 0 saturated carbocycles. The molecule has 5 nitrogen and oxygen atoms in total. The fourth-order valence-electron chi connectivity index (χ4n) is 1.00. The average Bonchev–Trinajstić information content (AvgIpc) is 2.04. The quantitative estimate of drug-likeness (QED) is 0.372. The van der Waals surface area contributed by atoms with Gasteiger partial charge >= 0.3 is 0 Å².